The number of carbonyl (C=O) groups is 2. The summed E-state index contributed by atoms with van der Waals surface area (Å²) in [5.41, 5.74) is 10.9. The second-order valence-corrected chi connectivity index (χ2v) is 5.38. The van der Waals surface area contributed by atoms with Gasteiger partial charge < -0.3 is 11.5 Å². The van der Waals surface area contributed by atoms with Crippen LogP contribution in [-0.4, -0.2) is 42.0 Å². The van der Waals surface area contributed by atoms with Gasteiger partial charge in [-0.1, -0.05) is 13.8 Å². The predicted molar refractivity (Wildman–Crippen MR) is 72.4 cm³/mol. The summed E-state index contributed by atoms with van der Waals surface area (Å²) in [7, 11) is 0. The van der Waals surface area contributed by atoms with Crippen molar-refractivity contribution in [2.45, 2.75) is 39.3 Å². The summed E-state index contributed by atoms with van der Waals surface area (Å²) in [5, 5.41) is 2.11. The van der Waals surface area contributed by atoms with Gasteiger partial charge in [0.15, 0.2) is 0 Å². The Hall–Kier alpha value is -0.850. The van der Waals surface area contributed by atoms with Crippen molar-refractivity contribution < 1.29 is 9.59 Å². The number of rotatable bonds is 2. The Bertz CT molecular complexity index is 322. The minimum absolute atomic E-state index is 0. The molecular formula is C11H23ClN4O2. The number of hydrogen-bond donors (Lipinski definition) is 3. The Balaban J connectivity index is 0.00000289. The van der Waals surface area contributed by atoms with E-state index in [0.717, 1.165) is 19.5 Å². The number of piperidine rings is 1. The number of carbonyl (C=O) groups excluding carboxylic acids is 2. The fourth-order valence-corrected chi connectivity index (χ4v) is 2.14. The molecule has 1 aliphatic heterocycles. The van der Waals surface area contributed by atoms with E-state index in [4.69, 9.17) is 11.5 Å². The van der Waals surface area contributed by atoms with Gasteiger partial charge in [0.25, 0.3) is 0 Å². The summed E-state index contributed by atoms with van der Waals surface area (Å²) in [6.07, 6.45) is 0.848. The molecule has 106 valence electrons. The van der Waals surface area contributed by atoms with Gasteiger partial charge in [-0.05, 0) is 18.8 Å². The van der Waals surface area contributed by atoms with Gasteiger partial charge in [-0.25, -0.2) is 4.79 Å². The van der Waals surface area contributed by atoms with E-state index in [1.54, 1.807) is 6.92 Å². The van der Waals surface area contributed by atoms with Crippen molar-refractivity contribution in [1.82, 2.24) is 10.2 Å². The highest BCUT2D eigenvalue weighted by atomic mass is 35.5. The first-order valence-electron chi connectivity index (χ1n) is 5.84. The van der Waals surface area contributed by atoms with E-state index < -0.39 is 6.03 Å². The number of nitrogens with one attached hydrogen (secondary N) is 1. The highest BCUT2D eigenvalue weighted by Gasteiger charge is 2.36. The van der Waals surface area contributed by atoms with Gasteiger partial charge in [0.05, 0.1) is 6.04 Å². The predicted octanol–water partition coefficient (Wildman–Crippen LogP) is 0.0508. The van der Waals surface area contributed by atoms with Crippen molar-refractivity contribution in [1.29, 1.82) is 0 Å². The Labute approximate surface area is 114 Å². The molecule has 0 aromatic carbocycles. The average molecular weight is 279 g/mol. The van der Waals surface area contributed by atoms with E-state index in [2.05, 4.69) is 19.2 Å². The lowest BCUT2D eigenvalue weighted by Gasteiger charge is -2.44. The van der Waals surface area contributed by atoms with Crippen LogP contribution in [0.4, 0.5) is 4.79 Å². The molecule has 0 bridgehead atoms. The van der Waals surface area contributed by atoms with Crippen molar-refractivity contribution in [2.24, 2.45) is 16.9 Å². The van der Waals surface area contributed by atoms with Gasteiger partial charge in [-0.2, -0.15) is 0 Å². The summed E-state index contributed by atoms with van der Waals surface area (Å²) in [6.45, 7) is 7.44. The number of nitrogens with two attached hydrogens (primary N) is 2. The van der Waals surface area contributed by atoms with E-state index in [0.29, 0.717) is 0 Å². The molecule has 1 aliphatic rings. The van der Waals surface area contributed by atoms with Crippen LogP contribution in [0.3, 0.4) is 0 Å². The average Bonchev–Trinajstić information content (AvgIpc) is 2.20. The van der Waals surface area contributed by atoms with Gasteiger partial charge in [-0.15, -0.1) is 12.4 Å². The highest BCUT2D eigenvalue weighted by molar-refractivity contribution is 5.96. The second kappa shape index (κ2) is 6.36. The molecule has 2 unspecified atom stereocenters. The van der Waals surface area contributed by atoms with Gasteiger partial charge in [0, 0.05) is 19.1 Å². The molecule has 0 spiro atoms. The number of amides is 3. The fraction of sp³-hybridized carbons (Fsp3) is 0.818. The first-order chi connectivity index (χ1) is 7.74. The molecule has 1 rings (SSSR count). The molecule has 1 heterocycles. The number of halogens is 1. The Morgan fingerprint density at radius 3 is 2.44 bits per heavy atom. The van der Waals surface area contributed by atoms with E-state index in [-0.39, 0.29) is 35.8 Å². The summed E-state index contributed by atoms with van der Waals surface area (Å²) in [6, 6.07) is -1.03. The molecule has 0 aromatic heterocycles. The van der Waals surface area contributed by atoms with Crippen molar-refractivity contribution in [3.8, 4) is 0 Å². The first kappa shape index (κ1) is 17.2. The van der Waals surface area contributed by atoms with Crippen LogP contribution in [0.2, 0.25) is 0 Å². The molecule has 1 saturated heterocycles. The first-order valence-corrected chi connectivity index (χ1v) is 5.84. The number of urea groups is 1. The lowest BCUT2D eigenvalue weighted by atomic mass is 9.79. The Kier molecular flexibility index (Phi) is 6.06. The molecule has 2 atom stereocenters. The summed E-state index contributed by atoms with van der Waals surface area (Å²) < 4.78 is 0. The third kappa shape index (κ3) is 4.12. The minimum Gasteiger partial charge on any atom is -0.351 e. The lowest BCUT2D eigenvalue weighted by Crippen LogP contribution is -2.58. The number of imide groups is 1. The Morgan fingerprint density at radius 2 is 2.00 bits per heavy atom. The summed E-state index contributed by atoms with van der Waals surface area (Å²) >= 11 is 0. The molecule has 0 radical (unpaired) electrons. The molecule has 0 aliphatic carbocycles. The van der Waals surface area contributed by atoms with Gasteiger partial charge in [-0.3, -0.25) is 15.0 Å². The van der Waals surface area contributed by atoms with Crippen LogP contribution in [0.25, 0.3) is 0 Å². The highest BCUT2D eigenvalue weighted by Crippen LogP contribution is 2.28. The van der Waals surface area contributed by atoms with Crippen LogP contribution in [-0.2, 0) is 4.79 Å². The second-order valence-electron chi connectivity index (χ2n) is 5.38. The van der Waals surface area contributed by atoms with Gasteiger partial charge in [0.1, 0.15) is 0 Å². The van der Waals surface area contributed by atoms with Crippen molar-refractivity contribution in [2.75, 3.05) is 13.1 Å². The molecule has 18 heavy (non-hydrogen) atoms. The maximum absolute atomic E-state index is 11.7. The third-order valence-electron chi connectivity index (χ3n) is 3.52. The number of likely N-dealkylation sites (tertiary alicyclic amines) is 1. The van der Waals surface area contributed by atoms with Crippen LogP contribution in [0, 0.1) is 5.41 Å². The largest absolute Gasteiger partial charge is 0.351 e. The molecular weight excluding hydrogens is 256 g/mol. The molecule has 7 heteroatoms. The van der Waals surface area contributed by atoms with Crippen molar-refractivity contribution in [3.63, 3.8) is 0 Å². The SMILES string of the molecule is CC(C(=O)NC(N)=O)N1CCC(N)C(C)(C)C1.Cl. The molecule has 5 N–H and O–H groups in total. The van der Waals surface area contributed by atoms with Crippen LogP contribution in [0.1, 0.15) is 27.2 Å². The topological polar surface area (TPSA) is 101 Å². The maximum Gasteiger partial charge on any atom is 0.318 e. The van der Waals surface area contributed by atoms with Gasteiger partial charge >= 0.3 is 6.03 Å². The molecule has 3 amide bonds. The van der Waals surface area contributed by atoms with E-state index in [1.807, 2.05) is 4.90 Å². The Morgan fingerprint density at radius 1 is 1.44 bits per heavy atom. The van der Waals surface area contributed by atoms with E-state index in [9.17, 15) is 9.59 Å². The summed E-state index contributed by atoms with van der Waals surface area (Å²) in [4.78, 5) is 24.3. The zero-order chi connectivity index (χ0) is 13.2. The minimum atomic E-state index is -0.810. The summed E-state index contributed by atoms with van der Waals surface area (Å²) in [5.74, 6) is -0.358. The zero-order valence-corrected chi connectivity index (χ0v) is 11.9. The molecule has 0 saturated carbocycles. The zero-order valence-electron chi connectivity index (χ0n) is 11.1. The van der Waals surface area contributed by atoms with Crippen LogP contribution >= 0.6 is 12.4 Å². The van der Waals surface area contributed by atoms with Crippen molar-refractivity contribution >= 4 is 24.3 Å². The van der Waals surface area contributed by atoms with Crippen LogP contribution < -0.4 is 16.8 Å². The van der Waals surface area contributed by atoms with Crippen LogP contribution in [0.5, 0.6) is 0 Å². The molecule has 1 fully saturated rings. The fourth-order valence-electron chi connectivity index (χ4n) is 2.14. The number of primary amides is 1. The maximum atomic E-state index is 11.7. The smallest absolute Gasteiger partial charge is 0.318 e. The molecule has 0 aromatic rings. The monoisotopic (exact) mass is 278 g/mol. The van der Waals surface area contributed by atoms with Crippen molar-refractivity contribution in [3.05, 3.63) is 0 Å². The third-order valence-corrected chi connectivity index (χ3v) is 3.52. The van der Waals surface area contributed by atoms with Crippen LogP contribution in [0.15, 0.2) is 0 Å². The molecule has 6 nitrogen and oxygen atoms in total. The standard InChI is InChI=1S/C11H22N4O2.ClH/c1-7(9(16)14-10(13)17)15-5-4-8(12)11(2,3)6-15;/h7-8H,4-6,12H2,1-3H3,(H3,13,14,16,17);1H. The normalized spacial score (nSPS) is 24.8. The van der Waals surface area contributed by atoms with Gasteiger partial charge in [0.2, 0.25) is 5.91 Å². The lowest BCUT2D eigenvalue weighted by molar-refractivity contribution is -0.126. The van der Waals surface area contributed by atoms with E-state index >= 15 is 0 Å². The van der Waals surface area contributed by atoms with E-state index in [1.165, 1.54) is 0 Å². The number of hydrogen-bond acceptors (Lipinski definition) is 4. The number of nitrogens with zero attached hydrogens (tertiary/aromatic N) is 1. The quantitative estimate of drug-likeness (QED) is 0.664.